The minimum Gasteiger partial charge on any atom is -0.326 e. The van der Waals surface area contributed by atoms with Crippen molar-refractivity contribution in [2.24, 2.45) is 5.92 Å². The van der Waals surface area contributed by atoms with Crippen LogP contribution in [-0.4, -0.2) is 31.2 Å². The van der Waals surface area contributed by atoms with Gasteiger partial charge in [-0.2, -0.15) is 0 Å². The van der Waals surface area contributed by atoms with Crippen LogP contribution in [0.1, 0.15) is 19.4 Å². The summed E-state index contributed by atoms with van der Waals surface area (Å²) < 4.78 is 25.6. The lowest BCUT2D eigenvalue weighted by atomic mass is 10.1. The van der Waals surface area contributed by atoms with E-state index in [-0.39, 0.29) is 27.7 Å². The predicted octanol–water partition coefficient (Wildman–Crippen LogP) is 3.48. The van der Waals surface area contributed by atoms with E-state index in [0.717, 1.165) is 10.5 Å². The molecule has 1 heterocycles. The highest BCUT2D eigenvalue weighted by molar-refractivity contribution is 8.01. The van der Waals surface area contributed by atoms with Crippen LogP contribution in [0.5, 0.6) is 0 Å². The van der Waals surface area contributed by atoms with Gasteiger partial charge >= 0.3 is 0 Å². The van der Waals surface area contributed by atoms with Crippen LogP contribution in [0.25, 0.3) is 0 Å². The van der Waals surface area contributed by atoms with E-state index >= 15 is 0 Å². The second kappa shape index (κ2) is 7.97. The number of hydrogen-bond acceptors (Lipinski definition) is 5. The first-order chi connectivity index (χ1) is 13.2. The number of thioether (sulfide) groups is 1. The molecular weight excluding hydrogens is 396 g/mol. The van der Waals surface area contributed by atoms with Crippen LogP contribution in [0.3, 0.4) is 0 Å². The Morgan fingerprint density at radius 1 is 1.25 bits per heavy atom. The summed E-state index contributed by atoms with van der Waals surface area (Å²) >= 11 is 1.39. The normalized spacial score (nSPS) is 17.4. The van der Waals surface area contributed by atoms with Gasteiger partial charge in [0.2, 0.25) is 11.8 Å². The Morgan fingerprint density at radius 2 is 1.96 bits per heavy atom. The standard InChI is InChI=1S/C20H22N2O4S2/c1-12-6-4-5-7-16(12)21-19(23)13(2)11-28(25,26)15-8-9-18-17(10-15)22-20(24)14(3)27-18/h4-10,13-14H,11H2,1-3H3,(H,21,23)(H,22,24)/t13-,14+/m0/s1. The average molecular weight is 419 g/mol. The zero-order valence-electron chi connectivity index (χ0n) is 15.9. The molecule has 0 aromatic heterocycles. The molecule has 1 aliphatic rings. The quantitative estimate of drug-likeness (QED) is 0.776. The summed E-state index contributed by atoms with van der Waals surface area (Å²) in [5.74, 6) is -1.56. The van der Waals surface area contributed by atoms with Crippen molar-refractivity contribution in [1.82, 2.24) is 0 Å². The Labute approximate surface area is 169 Å². The SMILES string of the molecule is Cc1ccccc1NC(=O)[C@@H](C)CS(=O)(=O)c1ccc2c(c1)NC(=O)[C@@H](C)S2. The van der Waals surface area contributed by atoms with Gasteiger partial charge in [-0.15, -0.1) is 11.8 Å². The van der Waals surface area contributed by atoms with Crippen LogP contribution >= 0.6 is 11.8 Å². The monoisotopic (exact) mass is 418 g/mol. The fraction of sp³-hybridized carbons (Fsp3) is 0.300. The summed E-state index contributed by atoms with van der Waals surface area (Å²) in [6.07, 6.45) is 0. The summed E-state index contributed by atoms with van der Waals surface area (Å²) in [6, 6.07) is 12.0. The van der Waals surface area contributed by atoms with E-state index in [4.69, 9.17) is 0 Å². The fourth-order valence-electron chi connectivity index (χ4n) is 2.85. The van der Waals surface area contributed by atoms with E-state index in [9.17, 15) is 18.0 Å². The molecule has 0 radical (unpaired) electrons. The van der Waals surface area contributed by atoms with Crippen LogP contribution in [0, 0.1) is 12.8 Å². The van der Waals surface area contributed by atoms with Crippen molar-refractivity contribution in [3.05, 3.63) is 48.0 Å². The van der Waals surface area contributed by atoms with Crippen molar-refractivity contribution in [3.63, 3.8) is 0 Å². The predicted molar refractivity (Wildman–Crippen MR) is 111 cm³/mol. The smallest absolute Gasteiger partial charge is 0.237 e. The minimum atomic E-state index is -3.69. The average Bonchev–Trinajstić information content (AvgIpc) is 2.63. The van der Waals surface area contributed by atoms with Crippen LogP contribution < -0.4 is 10.6 Å². The highest BCUT2D eigenvalue weighted by Gasteiger charge is 2.27. The summed E-state index contributed by atoms with van der Waals surface area (Å²) in [6.45, 7) is 5.25. The van der Waals surface area contributed by atoms with E-state index in [1.165, 1.54) is 23.9 Å². The molecule has 0 aliphatic carbocycles. The number of carbonyl (C=O) groups excluding carboxylic acids is 2. The van der Waals surface area contributed by atoms with E-state index in [2.05, 4.69) is 10.6 Å². The van der Waals surface area contributed by atoms with Crippen molar-refractivity contribution < 1.29 is 18.0 Å². The highest BCUT2D eigenvalue weighted by atomic mass is 32.2. The summed E-state index contributed by atoms with van der Waals surface area (Å²) in [5.41, 5.74) is 2.06. The molecule has 2 amide bonds. The van der Waals surface area contributed by atoms with Crippen LogP contribution in [0.2, 0.25) is 0 Å². The maximum absolute atomic E-state index is 12.8. The van der Waals surface area contributed by atoms with E-state index < -0.39 is 15.8 Å². The molecule has 2 aromatic rings. The Balaban J connectivity index is 1.74. The topological polar surface area (TPSA) is 92.3 Å². The lowest BCUT2D eigenvalue weighted by Gasteiger charge is -2.22. The highest BCUT2D eigenvalue weighted by Crippen LogP contribution is 2.37. The number of benzene rings is 2. The number of amides is 2. The number of sulfone groups is 1. The first-order valence-corrected chi connectivity index (χ1v) is 11.4. The van der Waals surface area contributed by atoms with E-state index in [1.807, 2.05) is 25.1 Å². The molecule has 6 nitrogen and oxygen atoms in total. The number of carbonyl (C=O) groups is 2. The van der Waals surface area contributed by atoms with E-state index in [0.29, 0.717) is 11.4 Å². The van der Waals surface area contributed by atoms with Gasteiger partial charge < -0.3 is 10.6 Å². The van der Waals surface area contributed by atoms with Gasteiger partial charge in [0.15, 0.2) is 9.84 Å². The number of hydrogen-bond donors (Lipinski definition) is 2. The Bertz CT molecular complexity index is 1030. The summed E-state index contributed by atoms with van der Waals surface area (Å²) in [7, 11) is -3.69. The number of aryl methyl sites for hydroxylation is 1. The number of rotatable bonds is 5. The molecule has 0 bridgehead atoms. The van der Waals surface area contributed by atoms with Gasteiger partial charge in [0.1, 0.15) is 0 Å². The Morgan fingerprint density at radius 3 is 2.68 bits per heavy atom. The van der Waals surface area contributed by atoms with Crippen molar-refractivity contribution in [2.75, 3.05) is 16.4 Å². The molecule has 0 saturated heterocycles. The first kappa shape index (κ1) is 20.4. The van der Waals surface area contributed by atoms with Crippen LogP contribution in [0.15, 0.2) is 52.3 Å². The largest absolute Gasteiger partial charge is 0.326 e. The molecule has 2 N–H and O–H groups in total. The van der Waals surface area contributed by atoms with Crippen molar-refractivity contribution in [3.8, 4) is 0 Å². The number of fused-ring (bicyclic) bond motifs is 1. The van der Waals surface area contributed by atoms with Crippen LogP contribution in [-0.2, 0) is 19.4 Å². The van der Waals surface area contributed by atoms with Gasteiger partial charge in [-0.25, -0.2) is 8.42 Å². The fourth-order valence-corrected chi connectivity index (χ4v) is 5.36. The van der Waals surface area contributed by atoms with Crippen molar-refractivity contribution >= 4 is 44.8 Å². The third-order valence-electron chi connectivity index (χ3n) is 4.56. The zero-order valence-corrected chi connectivity index (χ0v) is 17.5. The van der Waals surface area contributed by atoms with Gasteiger partial charge in [-0.05, 0) is 43.7 Å². The van der Waals surface area contributed by atoms with Gasteiger partial charge in [0.25, 0.3) is 0 Å². The molecule has 0 saturated carbocycles. The molecule has 0 unspecified atom stereocenters. The summed E-state index contributed by atoms with van der Waals surface area (Å²) in [5, 5.41) is 5.29. The number of para-hydroxylation sites is 1. The van der Waals surface area contributed by atoms with Gasteiger partial charge in [0.05, 0.1) is 21.6 Å². The molecule has 0 spiro atoms. The lowest BCUT2D eigenvalue weighted by Crippen LogP contribution is -2.28. The molecule has 0 fully saturated rings. The van der Waals surface area contributed by atoms with Crippen LogP contribution in [0.4, 0.5) is 11.4 Å². The second-order valence-electron chi connectivity index (χ2n) is 6.89. The second-order valence-corrected chi connectivity index (χ2v) is 10.3. The van der Waals surface area contributed by atoms with Gasteiger partial charge in [0, 0.05) is 16.5 Å². The van der Waals surface area contributed by atoms with Gasteiger partial charge in [-0.3, -0.25) is 9.59 Å². The molecule has 2 atom stereocenters. The Kier molecular flexibility index (Phi) is 5.81. The number of anilines is 2. The van der Waals surface area contributed by atoms with E-state index in [1.54, 1.807) is 26.0 Å². The molecular formula is C20H22N2O4S2. The molecule has 3 rings (SSSR count). The molecule has 148 valence electrons. The maximum atomic E-state index is 12.8. The van der Waals surface area contributed by atoms with Gasteiger partial charge in [-0.1, -0.05) is 25.1 Å². The minimum absolute atomic E-state index is 0.0947. The third-order valence-corrected chi connectivity index (χ3v) is 7.65. The molecule has 28 heavy (non-hydrogen) atoms. The molecule has 8 heteroatoms. The zero-order chi connectivity index (χ0) is 20.5. The molecule has 1 aliphatic heterocycles. The first-order valence-electron chi connectivity index (χ1n) is 8.88. The third kappa shape index (κ3) is 4.39. The van der Waals surface area contributed by atoms with Crippen molar-refractivity contribution in [2.45, 2.75) is 35.8 Å². The Hall–Kier alpha value is -2.32. The lowest BCUT2D eigenvalue weighted by molar-refractivity contribution is -0.119. The summed E-state index contributed by atoms with van der Waals surface area (Å²) in [4.78, 5) is 25.2. The van der Waals surface area contributed by atoms with Crippen molar-refractivity contribution in [1.29, 1.82) is 0 Å². The number of nitrogens with one attached hydrogen (secondary N) is 2. The molecule has 2 aromatic carbocycles. The maximum Gasteiger partial charge on any atom is 0.237 e.